The van der Waals surface area contributed by atoms with Gasteiger partial charge in [-0.3, -0.25) is 4.90 Å². The Kier molecular flexibility index (Phi) is 3.78. The molecule has 2 aliphatic heterocycles. The first kappa shape index (κ1) is 12.0. The van der Waals surface area contributed by atoms with Crippen LogP contribution in [0, 0.1) is 0 Å². The summed E-state index contributed by atoms with van der Waals surface area (Å²) >= 11 is 0. The van der Waals surface area contributed by atoms with Gasteiger partial charge in [-0.05, 0) is 17.2 Å². The third kappa shape index (κ3) is 2.66. The summed E-state index contributed by atoms with van der Waals surface area (Å²) in [5, 5.41) is 6.97. The molecule has 0 radical (unpaired) electrons. The largest absolute Gasteiger partial charge is 0.383 e. The average Bonchev–Trinajstić information content (AvgIpc) is 2.89. The number of benzene rings is 1. The number of ether oxygens (including phenoxy) is 1. The van der Waals surface area contributed by atoms with Crippen LogP contribution in [0.25, 0.3) is 0 Å². The van der Waals surface area contributed by atoms with Crippen LogP contribution in [0.1, 0.15) is 11.1 Å². The zero-order valence-electron chi connectivity index (χ0n) is 10.7. The monoisotopic (exact) mass is 247 g/mol. The van der Waals surface area contributed by atoms with Crippen molar-refractivity contribution in [1.29, 1.82) is 0 Å². The summed E-state index contributed by atoms with van der Waals surface area (Å²) in [6.45, 7) is 8.00. The van der Waals surface area contributed by atoms with Crippen molar-refractivity contribution in [3.05, 3.63) is 29.3 Å². The van der Waals surface area contributed by atoms with Gasteiger partial charge in [-0.2, -0.15) is 0 Å². The molecule has 0 amide bonds. The Balaban J connectivity index is 1.52. The molecule has 1 saturated heterocycles. The zero-order chi connectivity index (χ0) is 12.2. The third-order valence-electron chi connectivity index (χ3n) is 3.74. The van der Waals surface area contributed by atoms with Crippen molar-refractivity contribution >= 4 is 5.69 Å². The summed E-state index contributed by atoms with van der Waals surface area (Å²) in [6.07, 6.45) is 0. The first-order valence-electron chi connectivity index (χ1n) is 6.79. The smallest absolute Gasteiger partial charge is 0.0594 e. The van der Waals surface area contributed by atoms with E-state index in [2.05, 4.69) is 33.7 Å². The minimum Gasteiger partial charge on any atom is -0.383 e. The number of fused-ring (bicyclic) bond motifs is 1. The predicted molar refractivity (Wildman–Crippen MR) is 72.7 cm³/mol. The Morgan fingerprint density at radius 3 is 3.00 bits per heavy atom. The van der Waals surface area contributed by atoms with E-state index in [1.54, 1.807) is 0 Å². The van der Waals surface area contributed by atoms with Crippen LogP contribution in [0.4, 0.5) is 5.69 Å². The second-order valence-electron chi connectivity index (χ2n) is 4.93. The van der Waals surface area contributed by atoms with Crippen molar-refractivity contribution in [3.63, 3.8) is 0 Å². The molecule has 98 valence electrons. The SMILES string of the molecule is c1cc2c(c(NCCN3CCOCC3)c1)CNC2. The summed E-state index contributed by atoms with van der Waals surface area (Å²) in [5.41, 5.74) is 4.18. The maximum Gasteiger partial charge on any atom is 0.0594 e. The van der Waals surface area contributed by atoms with Gasteiger partial charge in [-0.25, -0.2) is 0 Å². The van der Waals surface area contributed by atoms with Gasteiger partial charge in [0.2, 0.25) is 0 Å². The van der Waals surface area contributed by atoms with Gasteiger partial charge < -0.3 is 15.4 Å². The second kappa shape index (κ2) is 5.69. The lowest BCUT2D eigenvalue weighted by Gasteiger charge is -2.26. The molecule has 2 aliphatic rings. The van der Waals surface area contributed by atoms with Gasteiger partial charge in [0.05, 0.1) is 13.2 Å². The molecule has 4 nitrogen and oxygen atoms in total. The van der Waals surface area contributed by atoms with Crippen molar-refractivity contribution < 1.29 is 4.74 Å². The Bertz CT molecular complexity index is 402. The van der Waals surface area contributed by atoms with E-state index in [1.165, 1.54) is 16.8 Å². The van der Waals surface area contributed by atoms with Crippen LogP contribution in [0.2, 0.25) is 0 Å². The van der Waals surface area contributed by atoms with Crippen molar-refractivity contribution in [2.45, 2.75) is 13.1 Å². The van der Waals surface area contributed by atoms with E-state index in [4.69, 9.17) is 4.74 Å². The molecule has 0 spiro atoms. The van der Waals surface area contributed by atoms with E-state index in [0.29, 0.717) is 0 Å². The van der Waals surface area contributed by atoms with Crippen molar-refractivity contribution in [1.82, 2.24) is 10.2 Å². The molecule has 0 aromatic heterocycles. The first-order chi connectivity index (χ1) is 8.93. The molecule has 1 aromatic carbocycles. The minimum atomic E-state index is 0.880. The summed E-state index contributed by atoms with van der Waals surface area (Å²) in [6, 6.07) is 6.54. The highest BCUT2D eigenvalue weighted by Gasteiger charge is 2.14. The van der Waals surface area contributed by atoms with E-state index in [9.17, 15) is 0 Å². The molecule has 2 N–H and O–H groups in total. The molecule has 4 heteroatoms. The van der Waals surface area contributed by atoms with E-state index < -0.39 is 0 Å². The van der Waals surface area contributed by atoms with Gasteiger partial charge in [-0.15, -0.1) is 0 Å². The quantitative estimate of drug-likeness (QED) is 0.833. The van der Waals surface area contributed by atoms with Gasteiger partial charge in [0, 0.05) is 45.0 Å². The normalized spacial score (nSPS) is 19.8. The van der Waals surface area contributed by atoms with Crippen molar-refractivity contribution in [2.75, 3.05) is 44.7 Å². The van der Waals surface area contributed by atoms with Crippen LogP contribution in [-0.2, 0) is 17.8 Å². The fourth-order valence-corrected chi connectivity index (χ4v) is 2.67. The van der Waals surface area contributed by atoms with E-state index in [1.807, 2.05) is 0 Å². The molecule has 18 heavy (non-hydrogen) atoms. The van der Waals surface area contributed by atoms with Crippen LogP contribution >= 0.6 is 0 Å². The lowest BCUT2D eigenvalue weighted by atomic mass is 10.1. The molecule has 0 saturated carbocycles. The van der Waals surface area contributed by atoms with Gasteiger partial charge >= 0.3 is 0 Å². The lowest BCUT2D eigenvalue weighted by molar-refractivity contribution is 0.0398. The van der Waals surface area contributed by atoms with Gasteiger partial charge in [-0.1, -0.05) is 12.1 Å². The summed E-state index contributed by atoms with van der Waals surface area (Å²) < 4.78 is 5.35. The first-order valence-corrected chi connectivity index (χ1v) is 6.79. The van der Waals surface area contributed by atoms with Crippen LogP contribution < -0.4 is 10.6 Å². The van der Waals surface area contributed by atoms with E-state index >= 15 is 0 Å². The van der Waals surface area contributed by atoms with Gasteiger partial charge in [0.15, 0.2) is 0 Å². The van der Waals surface area contributed by atoms with Crippen LogP contribution in [0.15, 0.2) is 18.2 Å². The molecular weight excluding hydrogens is 226 g/mol. The molecule has 0 unspecified atom stereocenters. The zero-order valence-corrected chi connectivity index (χ0v) is 10.7. The molecular formula is C14H21N3O. The molecule has 0 atom stereocenters. The minimum absolute atomic E-state index is 0.880. The van der Waals surface area contributed by atoms with E-state index in [-0.39, 0.29) is 0 Å². The molecule has 3 rings (SSSR count). The number of hydrogen-bond donors (Lipinski definition) is 2. The number of nitrogens with one attached hydrogen (secondary N) is 2. The van der Waals surface area contributed by atoms with Crippen LogP contribution in [0.5, 0.6) is 0 Å². The average molecular weight is 247 g/mol. The molecule has 0 bridgehead atoms. The topological polar surface area (TPSA) is 36.5 Å². The summed E-state index contributed by atoms with van der Waals surface area (Å²) in [5.74, 6) is 0. The standard InChI is InChI=1S/C14H21N3O/c1-2-12-10-15-11-13(12)14(3-1)16-4-5-17-6-8-18-9-7-17/h1-3,15-16H,4-11H2. The maximum absolute atomic E-state index is 5.35. The third-order valence-corrected chi connectivity index (χ3v) is 3.74. The number of hydrogen-bond acceptors (Lipinski definition) is 4. The molecule has 2 heterocycles. The van der Waals surface area contributed by atoms with Gasteiger partial charge in [0.25, 0.3) is 0 Å². The Labute approximate surface area is 108 Å². The Hall–Kier alpha value is -1.10. The summed E-state index contributed by atoms with van der Waals surface area (Å²) in [4.78, 5) is 2.46. The highest BCUT2D eigenvalue weighted by atomic mass is 16.5. The maximum atomic E-state index is 5.35. The number of rotatable bonds is 4. The molecule has 1 aromatic rings. The Morgan fingerprint density at radius 1 is 1.22 bits per heavy atom. The highest BCUT2D eigenvalue weighted by Crippen LogP contribution is 2.23. The highest BCUT2D eigenvalue weighted by molar-refractivity contribution is 5.56. The van der Waals surface area contributed by atoms with Gasteiger partial charge in [0.1, 0.15) is 0 Å². The fourth-order valence-electron chi connectivity index (χ4n) is 2.67. The molecule has 0 aliphatic carbocycles. The number of anilines is 1. The van der Waals surface area contributed by atoms with E-state index in [0.717, 1.165) is 52.5 Å². The van der Waals surface area contributed by atoms with Crippen molar-refractivity contribution in [3.8, 4) is 0 Å². The predicted octanol–water partition coefficient (Wildman–Crippen LogP) is 1.03. The second-order valence-corrected chi connectivity index (χ2v) is 4.93. The number of nitrogens with zero attached hydrogens (tertiary/aromatic N) is 1. The van der Waals surface area contributed by atoms with Crippen LogP contribution in [-0.4, -0.2) is 44.3 Å². The fraction of sp³-hybridized carbons (Fsp3) is 0.571. The Morgan fingerprint density at radius 2 is 2.11 bits per heavy atom. The molecule has 1 fully saturated rings. The lowest BCUT2D eigenvalue weighted by Crippen LogP contribution is -2.39. The summed E-state index contributed by atoms with van der Waals surface area (Å²) in [7, 11) is 0. The number of morpholine rings is 1. The van der Waals surface area contributed by atoms with Crippen molar-refractivity contribution in [2.24, 2.45) is 0 Å². The van der Waals surface area contributed by atoms with Crippen LogP contribution in [0.3, 0.4) is 0 Å².